The number of quaternary nitrogens is 2. The Kier molecular flexibility index (Phi) is 11.3. The lowest BCUT2D eigenvalue weighted by Gasteiger charge is -2.39. The van der Waals surface area contributed by atoms with Crippen molar-refractivity contribution < 1.29 is 18.6 Å². The Balaban J connectivity index is 1.73. The van der Waals surface area contributed by atoms with Gasteiger partial charge in [-0.15, -0.1) is 0 Å². The smallest absolute Gasteiger partial charge is 0.255 e. The molecule has 0 aromatic heterocycles. The average Bonchev–Trinajstić information content (AvgIpc) is 2.82. The van der Waals surface area contributed by atoms with Crippen molar-refractivity contribution in [3.8, 4) is 0 Å². The first kappa shape index (κ1) is 28.6. The quantitative estimate of drug-likeness (QED) is 0.299. The molecule has 6 heteroatoms. The molecule has 6 nitrogen and oxygen atoms in total. The van der Waals surface area contributed by atoms with Crippen LogP contribution >= 0.6 is 0 Å². The zero-order valence-electron chi connectivity index (χ0n) is 23.1. The van der Waals surface area contributed by atoms with Crippen LogP contribution in [-0.4, -0.2) is 110 Å². The topological polar surface area (TPSA) is 40.6 Å². The van der Waals surface area contributed by atoms with Crippen molar-refractivity contribution in [3.05, 3.63) is 23.3 Å². The second-order valence-corrected chi connectivity index (χ2v) is 10.9. The third kappa shape index (κ3) is 7.94. The van der Waals surface area contributed by atoms with E-state index in [1.165, 1.54) is 25.7 Å². The van der Waals surface area contributed by atoms with E-state index in [1.54, 1.807) is 0 Å². The Morgan fingerprint density at radius 1 is 0.676 bits per heavy atom. The van der Waals surface area contributed by atoms with Crippen LogP contribution in [0.15, 0.2) is 23.3 Å². The summed E-state index contributed by atoms with van der Waals surface area (Å²) in [5.74, 6) is 0.473. The lowest BCUT2D eigenvalue weighted by molar-refractivity contribution is -0.906. The minimum atomic E-state index is 0.237. The fraction of sp³-hybridized carbons (Fsp3) is 0.786. The van der Waals surface area contributed by atoms with Crippen LogP contribution in [0.1, 0.15) is 66.2 Å². The first-order chi connectivity index (χ1) is 16.2. The molecule has 0 fully saturated rings. The van der Waals surface area contributed by atoms with Gasteiger partial charge in [0.1, 0.15) is 13.1 Å². The van der Waals surface area contributed by atoms with Crippen LogP contribution in [0.25, 0.3) is 0 Å². The summed E-state index contributed by atoms with van der Waals surface area (Å²) in [5.41, 5.74) is 2.03. The minimum absolute atomic E-state index is 0.237. The van der Waals surface area contributed by atoms with Gasteiger partial charge < -0.3 is 18.8 Å². The average molecular weight is 477 g/mol. The van der Waals surface area contributed by atoms with E-state index in [9.17, 15) is 9.59 Å². The molecule has 0 spiro atoms. The second-order valence-electron chi connectivity index (χ2n) is 10.9. The van der Waals surface area contributed by atoms with Crippen molar-refractivity contribution in [2.45, 2.75) is 66.2 Å². The highest BCUT2D eigenvalue weighted by Gasteiger charge is 2.32. The number of likely N-dealkylation sites (N-methyl/N-ethyl adjacent to an activating group) is 4. The van der Waals surface area contributed by atoms with Gasteiger partial charge in [0.25, 0.3) is 11.8 Å². The molecule has 0 saturated carbocycles. The summed E-state index contributed by atoms with van der Waals surface area (Å²) in [6, 6.07) is 0. The summed E-state index contributed by atoms with van der Waals surface area (Å²) < 4.78 is 1.99. The van der Waals surface area contributed by atoms with Gasteiger partial charge in [-0.1, -0.05) is 12.2 Å². The highest BCUT2D eigenvalue weighted by atomic mass is 16.2. The predicted octanol–water partition coefficient (Wildman–Crippen LogP) is 3.84. The third-order valence-electron chi connectivity index (χ3n) is 8.02. The summed E-state index contributed by atoms with van der Waals surface area (Å²) in [7, 11) is 4.65. The molecule has 2 rings (SSSR count). The number of amides is 2. The highest BCUT2D eigenvalue weighted by Crippen LogP contribution is 2.22. The molecule has 0 aromatic carbocycles. The van der Waals surface area contributed by atoms with Crippen molar-refractivity contribution >= 4 is 11.8 Å². The molecule has 2 aliphatic heterocycles. The summed E-state index contributed by atoms with van der Waals surface area (Å²) in [5, 5.41) is 0. The summed E-state index contributed by atoms with van der Waals surface area (Å²) in [6.07, 6.45) is 11.3. The Morgan fingerprint density at radius 3 is 1.35 bits per heavy atom. The summed E-state index contributed by atoms with van der Waals surface area (Å²) in [4.78, 5) is 29.5. The highest BCUT2D eigenvalue weighted by molar-refractivity contribution is 5.94. The Bertz CT molecular complexity index is 677. The van der Waals surface area contributed by atoms with Crippen LogP contribution in [0, 0.1) is 0 Å². The second kappa shape index (κ2) is 13.4. The van der Waals surface area contributed by atoms with Crippen molar-refractivity contribution in [2.24, 2.45) is 0 Å². The molecule has 0 aliphatic carbocycles. The van der Waals surface area contributed by atoms with Crippen LogP contribution in [0.4, 0.5) is 0 Å². The van der Waals surface area contributed by atoms with E-state index < -0.39 is 0 Å². The van der Waals surface area contributed by atoms with Gasteiger partial charge in [0, 0.05) is 39.0 Å². The molecule has 34 heavy (non-hydrogen) atoms. The van der Waals surface area contributed by atoms with E-state index in [4.69, 9.17) is 0 Å². The fourth-order valence-corrected chi connectivity index (χ4v) is 5.67. The van der Waals surface area contributed by atoms with Gasteiger partial charge in [-0.25, -0.2) is 0 Å². The van der Waals surface area contributed by atoms with Gasteiger partial charge in [-0.3, -0.25) is 9.59 Å². The van der Waals surface area contributed by atoms with Crippen molar-refractivity contribution in [3.63, 3.8) is 0 Å². The Labute approximate surface area is 209 Å². The maximum atomic E-state index is 12.8. The van der Waals surface area contributed by atoms with E-state index in [0.717, 1.165) is 98.4 Å². The van der Waals surface area contributed by atoms with Gasteiger partial charge in [0.05, 0.1) is 51.4 Å². The number of carbonyl (C=O) groups excluding carboxylic acids is 2. The van der Waals surface area contributed by atoms with Gasteiger partial charge in [0.2, 0.25) is 0 Å². The monoisotopic (exact) mass is 476 g/mol. The number of hydrogen-bond donors (Lipinski definition) is 0. The van der Waals surface area contributed by atoms with Gasteiger partial charge in [-0.05, 0) is 53.4 Å². The normalized spacial score (nSPS) is 24.9. The first-order valence-electron chi connectivity index (χ1n) is 13.8. The number of rotatable bonds is 13. The summed E-state index contributed by atoms with van der Waals surface area (Å²) in [6.45, 7) is 17.7. The van der Waals surface area contributed by atoms with Gasteiger partial charge >= 0.3 is 0 Å². The molecule has 2 aliphatic rings. The predicted molar refractivity (Wildman–Crippen MR) is 141 cm³/mol. The molecular weight excluding hydrogens is 424 g/mol. The van der Waals surface area contributed by atoms with Crippen LogP contribution < -0.4 is 0 Å². The largest absolute Gasteiger partial charge is 0.339 e. The van der Waals surface area contributed by atoms with Crippen LogP contribution in [0.3, 0.4) is 0 Å². The van der Waals surface area contributed by atoms with Gasteiger partial charge in [-0.2, -0.15) is 0 Å². The fourth-order valence-electron chi connectivity index (χ4n) is 5.67. The SMILES string of the molecule is CCN(CC)C(=O)C1=CCC[N+](C)(CCCCCC[N+]2(C)CCC=C(C(=O)N(CC)CC)C2)C1. The molecular formula is C28H52N4O2+2. The van der Waals surface area contributed by atoms with Crippen LogP contribution in [0.2, 0.25) is 0 Å². The Morgan fingerprint density at radius 2 is 1.03 bits per heavy atom. The molecule has 0 bridgehead atoms. The van der Waals surface area contributed by atoms with E-state index in [1.807, 2.05) is 9.80 Å². The van der Waals surface area contributed by atoms with Gasteiger partial charge in [0.15, 0.2) is 0 Å². The van der Waals surface area contributed by atoms with E-state index in [2.05, 4.69) is 53.9 Å². The molecule has 0 radical (unpaired) electrons. The molecule has 0 N–H and O–H groups in total. The number of nitrogens with zero attached hydrogens (tertiary/aromatic N) is 4. The molecule has 0 aromatic rings. The molecule has 194 valence electrons. The van der Waals surface area contributed by atoms with Crippen LogP contribution in [-0.2, 0) is 9.59 Å². The van der Waals surface area contributed by atoms with Crippen LogP contribution in [0.5, 0.6) is 0 Å². The van der Waals surface area contributed by atoms with E-state index in [0.29, 0.717) is 0 Å². The standard InChI is InChI=1S/C28H52N4O2/c1-7-29(8-2)27(33)25-17-15-21-31(5,23-25)19-13-11-12-14-20-32(6)22-16-18-26(24-32)28(34)30(9-3)10-4/h17-18H,7-16,19-24H2,1-6H3/q+2. The van der Waals surface area contributed by atoms with Crippen molar-refractivity contribution in [1.82, 2.24) is 9.80 Å². The van der Waals surface area contributed by atoms with E-state index in [-0.39, 0.29) is 11.8 Å². The molecule has 2 unspecified atom stereocenters. The van der Waals surface area contributed by atoms with E-state index >= 15 is 0 Å². The third-order valence-corrected chi connectivity index (χ3v) is 8.02. The van der Waals surface area contributed by atoms with Crippen molar-refractivity contribution in [2.75, 3.05) is 79.5 Å². The molecule has 0 saturated heterocycles. The van der Waals surface area contributed by atoms with Crippen molar-refractivity contribution in [1.29, 1.82) is 0 Å². The molecule has 2 atom stereocenters. The maximum absolute atomic E-state index is 12.8. The lowest BCUT2D eigenvalue weighted by atomic mass is 10.0. The summed E-state index contributed by atoms with van der Waals surface area (Å²) >= 11 is 0. The maximum Gasteiger partial charge on any atom is 0.255 e. The lowest BCUT2D eigenvalue weighted by Crippen LogP contribution is -2.51. The number of hydrogen-bond acceptors (Lipinski definition) is 2. The zero-order valence-corrected chi connectivity index (χ0v) is 23.1. The number of unbranched alkanes of at least 4 members (excludes halogenated alkanes) is 3. The molecule has 2 amide bonds. The minimum Gasteiger partial charge on any atom is -0.339 e. The Hall–Kier alpha value is -1.66. The number of carbonyl (C=O) groups is 2. The molecule has 2 heterocycles. The first-order valence-corrected chi connectivity index (χ1v) is 13.8. The zero-order chi connectivity index (χ0) is 25.2.